The molecule has 0 radical (unpaired) electrons. The molecular weight excluding hydrogens is 348 g/mol. The van der Waals surface area contributed by atoms with Crippen molar-refractivity contribution >= 4 is 42.9 Å². The molecule has 0 aliphatic carbocycles. The van der Waals surface area contributed by atoms with Crippen LogP contribution in [0.25, 0.3) is 0 Å². The summed E-state index contributed by atoms with van der Waals surface area (Å²) in [7, 11) is -3.59. The molecule has 0 N–H and O–H groups in total. The minimum Gasteiger partial charge on any atom is -0.292 e. The Labute approximate surface area is 124 Å². The van der Waals surface area contributed by atoms with Crippen molar-refractivity contribution < 1.29 is 13.2 Å². The Morgan fingerprint density at radius 2 is 2.05 bits per heavy atom. The smallest absolute Gasteiger partial charge is 0.189 e. The van der Waals surface area contributed by atoms with Gasteiger partial charge in [0.1, 0.15) is 5.75 Å². The van der Waals surface area contributed by atoms with Gasteiger partial charge in [0.2, 0.25) is 0 Å². The number of carbonyl (C=O) groups is 1. The van der Waals surface area contributed by atoms with E-state index in [1.165, 1.54) is 17.4 Å². The zero-order valence-electron chi connectivity index (χ0n) is 10.1. The zero-order chi connectivity index (χ0) is 14.0. The van der Waals surface area contributed by atoms with Crippen LogP contribution in [-0.2, 0) is 9.84 Å². The van der Waals surface area contributed by atoms with E-state index in [2.05, 4.69) is 15.9 Å². The van der Waals surface area contributed by atoms with Crippen molar-refractivity contribution in [3.8, 4) is 0 Å². The Morgan fingerprint density at radius 1 is 1.32 bits per heavy atom. The fraction of sp³-hybridized carbons (Fsp3) is 0.154. The second kappa shape index (κ2) is 5.56. The molecule has 0 spiro atoms. The molecule has 0 bridgehead atoms. The lowest BCUT2D eigenvalue weighted by atomic mass is 10.2. The van der Waals surface area contributed by atoms with Crippen LogP contribution in [0.15, 0.2) is 45.1 Å². The van der Waals surface area contributed by atoms with E-state index in [0.29, 0.717) is 9.35 Å². The molecule has 1 aromatic carbocycles. The van der Waals surface area contributed by atoms with Gasteiger partial charge in [0.25, 0.3) is 0 Å². The van der Waals surface area contributed by atoms with Crippen LogP contribution in [0.1, 0.15) is 15.2 Å². The highest BCUT2D eigenvalue weighted by atomic mass is 79.9. The van der Waals surface area contributed by atoms with Gasteiger partial charge in [-0.1, -0.05) is 12.1 Å². The van der Waals surface area contributed by atoms with Crippen LogP contribution in [-0.4, -0.2) is 20.0 Å². The van der Waals surface area contributed by atoms with Crippen LogP contribution >= 0.6 is 27.3 Å². The molecule has 6 heteroatoms. The van der Waals surface area contributed by atoms with E-state index in [1.54, 1.807) is 23.6 Å². The van der Waals surface area contributed by atoms with E-state index in [9.17, 15) is 13.2 Å². The van der Waals surface area contributed by atoms with Gasteiger partial charge < -0.3 is 0 Å². The molecule has 0 saturated heterocycles. The number of aryl methyl sites for hydroxylation is 1. The van der Waals surface area contributed by atoms with Crippen molar-refractivity contribution in [3.63, 3.8) is 0 Å². The first-order valence-electron chi connectivity index (χ1n) is 5.46. The van der Waals surface area contributed by atoms with E-state index < -0.39 is 15.6 Å². The molecule has 0 saturated carbocycles. The van der Waals surface area contributed by atoms with Crippen LogP contribution in [0.2, 0.25) is 0 Å². The number of carbonyl (C=O) groups excluding carboxylic acids is 1. The second-order valence-electron chi connectivity index (χ2n) is 4.10. The third-order valence-electron chi connectivity index (χ3n) is 2.54. The first kappa shape index (κ1) is 14.4. The highest BCUT2D eigenvalue weighted by molar-refractivity contribution is 9.10. The van der Waals surface area contributed by atoms with Gasteiger partial charge in [-0.2, -0.15) is 0 Å². The lowest BCUT2D eigenvalue weighted by Crippen LogP contribution is -2.16. The second-order valence-corrected chi connectivity index (χ2v) is 7.86. The number of sulfone groups is 1. The van der Waals surface area contributed by atoms with Gasteiger partial charge in [-0.3, -0.25) is 4.79 Å². The molecule has 0 amide bonds. The summed E-state index contributed by atoms with van der Waals surface area (Å²) in [6.45, 7) is 1.82. The molecular formula is C13H11BrO3S2. The Morgan fingerprint density at radius 3 is 2.63 bits per heavy atom. The number of halogens is 1. The van der Waals surface area contributed by atoms with Gasteiger partial charge in [-0.25, -0.2) is 8.42 Å². The summed E-state index contributed by atoms with van der Waals surface area (Å²) < 4.78 is 25.0. The predicted octanol–water partition coefficient (Wildman–Crippen LogP) is 3.48. The molecule has 2 rings (SSSR count). The van der Waals surface area contributed by atoms with E-state index >= 15 is 0 Å². The van der Waals surface area contributed by atoms with Gasteiger partial charge in [0.15, 0.2) is 15.6 Å². The number of ketones is 1. The minimum atomic E-state index is -3.59. The molecule has 19 heavy (non-hydrogen) atoms. The third-order valence-corrected chi connectivity index (χ3v) is 6.03. The molecule has 0 unspecified atom stereocenters. The Kier molecular flexibility index (Phi) is 4.23. The summed E-state index contributed by atoms with van der Waals surface area (Å²) in [5.74, 6) is -0.890. The average molecular weight is 359 g/mol. The predicted molar refractivity (Wildman–Crippen MR) is 79.6 cm³/mol. The maximum absolute atomic E-state index is 12.2. The topological polar surface area (TPSA) is 51.2 Å². The molecule has 0 aliphatic rings. The van der Waals surface area contributed by atoms with Gasteiger partial charge in [0.05, 0.1) is 9.77 Å². The largest absolute Gasteiger partial charge is 0.292 e. The van der Waals surface area contributed by atoms with E-state index in [4.69, 9.17) is 0 Å². The molecule has 0 aliphatic heterocycles. The summed E-state index contributed by atoms with van der Waals surface area (Å²) in [6.07, 6.45) is 0. The van der Waals surface area contributed by atoms with Crippen molar-refractivity contribution in [1.82, 2.24) is 0 Å². The molecule has 100 valence electrons. The SMILES string of the molecule is Cc1cccc(S(=O)(=O)CC(=O)c2sccc2Br)c1. The number of hydrogen-bond donors (Lipinski definition) is 0. The fourth-order valence-electron chi connectivity index (χ4n) is 1.62. The van der Waals surface area contributed by atoms with Crippen LogP contribution < -0.4 is 0 Å². The number of hydrogen-bond acceptors (Lipinski definition) is 4. The summed E-state index contributed by atoms with van der Waals surface area (Å²) in [4.78, 5) is 12.6. The van der Waals surface area contributed by atoms with Crippen molar-refractivity contribution in [3.05, 3.63) is 50.6 Å². The standard InChI is InChI=1S/C13H11BrO3S2/c1-9-3-2-4-10(7-9)19(16,17)8-12(15)13-11(14)5-6-18-13/h2-7H,8H2,1H3. The highest BCUT2D eigenvalue weighted by Gasteiger charge is 2.22. The minimum absolute atomic E-state index is 0.188. The first-order valence-corrected chi connectivity index (χ1v) is 8.78. The monoisotopic (exact) mass is 358 g/mol. The van der Waals surface area contributed by atoms with Crippen LogP contribution in [0.5, 0.6) is 0 Å². The molecule has 2 aromatic rings. The molecule has 1 aromatic heterocycles. The third kappa shape index (κ3) is 3.32. The summed E-state index contributed by atoms with van der Waals surface area (Å²) >= 11 is 4.47. The summed E-state index contributed by atoms with van der Waals surface area (Å²) in [5, 5.41) is 1.75. The average Bonchev–Trinajstić information content (AvgIpc) is 2.75. The van der Waals surface area contributed by atoms with Crippen LogP contribution in [0.3, 0.4) is 0 Å². The number of rotatable bonds is 4. The quantitative estimate of drug-likeness (QED) is 0.786. The molecule has 0 fully saturated rings. The fourth-order valence-corrected chi connectivity index (χ4v) is 4.55. The van der Waals surface area contributed by atoms with Crippen molar-refractivity contribution in [1.29, 1.82) is 0 Å². The first-order chi connectivity index (χ1) is 8.90. The van der Waals surface area contributed by atoms with Crippen molar-refractivity contribution in [2.75, 3.05) is 5.75 Å². The number of thiophene rings is 1. The molecule has 1 heterocycles. The molecule has 0 atom stereocenters. The summed E-state index contributed by atoms with van der Waals surface area (Å²) in [5.41, 5.74) is 0.853. The number of Topliss-reactive ketones (excluding diaryl/α,β-unsaturated/α-hetero) is 1. The van der Waals surface area contributed by atoms with Crippen LogP contribution in [0, 0.1) is 6.92 Å². The van der Waals surface area contributed by atoms with Crippen molar-refractivity contribution in [2.45, 2.75) is 11.8 Å². The van der Waals surface area contributed by atoms with E-state index in [-0.39, 0.29) is 10.7 Å². The van der Waals surface area contributed by atoms with E-state index in [0.717, 1.165) is 5.56 Å². The van der Waals surface area contributed by atoms with Gasteiger partial charge >= 0.3 is 0 Å². The van der Waals surface area contributed by atoms with Gasteiger partial charge in [-0.15, -0.1) is 11.3 Å². The molecule has 3 nitrogen and oxygen atoms in total. The Balaban J connectivity index is 2.28. The maximum Gasteiger partial charge on any atom is 0.189 e. The highest BCUT2D eigenvalue weighted by Crippen LogP contribution is 2.24. The normalized spacial score (nSPS) is 11.5. The lowest BCUT2D eigenvalue weighted by Gasteiger charge is -2.04. The van der Waals surface area contributed by atoms with Gasteiger partial charge in [0, 0.05) is 4.47 Å². The van der Waals surface area contributed by atoms with Crippen LogP contribution in [0.4, 0.5) is 0 Å². The Bertz CT molecular complexity index is 717. The number of benzene rings is 1. The lowest BCUT2D eigenvalue weighted by molar-refractivity contribution is 0.102. The van der Waals surface area contributed by atoms with Crippen molar-refractivity contribution in [2.24, 2.45) is 0 Å². The van der Waals surface area contributed by atoms with E-state index in [1.807, 2.05) is 13.0 Å². The van der Waals surface area contributed by atoms with Gasteiger partial charge in [-0.05, 0) is 52.0 Å². The summed E-state index contributed by atoms with van der Waals surface area (Å²) in [6, 6.07) is 8.31. The zero-order valence-corrected chi connectivity index (χ0v) is 13.3. The Hall–Kier alpha value is -0.980. The maximum atomic E-state index is 12.2.